The number of halogens is 2. The van der Waals surface area contributed by atoms with Crippen molar-refractivity contribution in [3.05, 3.63) is 50.8 Å². The number of ether oxygens (including phenoxy) is 1. The fourth-order valence-corrected chi connectivity index (χ4v) is 2.37. The number of rotatable bonds is 4. The molecule has 0 saturated carbocycles. The van der Waals surface area contributed by atoms with Crippen molar-refractivity contribution in [2.75, 3.05) is 0 Å². The molecule has 106 valence electrons. The molecule has 0 N–H and O–H groups in total. The number of carbonyl (C=O) groups is 1. The second-order valence-corrected chi connectivity index (χ2v) is 5.54. The topological polar surface area (TPSA) is 52.3 Å². The molecule has 4 nitrogen and oxygen atoms in total. The van der Waals surface area contributed by atoms with Crippen LogP contribution in [0.2, 0.25) is 5.02 Å². The van der Waals surface area contributed by atoms with Gasteiger partial charge in [0.15, 0.2) is 0 Å². The standard InChI is InChI=1S/C14H13BrClNO3/c1-8-12(14(15)20-17-8)7-13(18)19-9(2)10-3-5-11(16)6-4-10/h3-6,9H,7H2,1-2H3. The number of esters is 1. The van der Waals surface area contributed by atoms with Gasteiger partial charge in [0, 0.05) is 10.6 Å². The van der Waals surface area contributed by atoms with Crippen molar-refractivity contribution in [1.29, 1.82) is 0 Å². The van der Waals surface area contributed by atoms with Crippen LogP contribution in [0, 0.1) is 6.92 Å². The highest BCUT2D eigenvalue weighted by atomic mass is 79.9. The van der Waals surface area contributed by atoms with Crippen LogP contribution in [-0.4, -0.2) is 11.1 Å². The van der Waals surface area contributed by atoms with E-state index < -0.39 is 0 Å². The van der Waals surface area contributed by atoms with Gasteiger partial charge in [0.05, 0.1) is 12.1 Å². The third kappa shape index (κ3) is 3.61. The minimum Gasteiger partial charge on any atom is -0.458 e. The molecule has 0 radical (unpaired) electrons. The molecule has 0 aliphatic heterocycles. The van der Waals surface area contributed by atoms with Gasteiger partial charge in [0.25, 0.3) is 0 Å². The Morgan fingerprint density at radius 3 is 2.65 bits per heavy atom. The van der Waals surface area contributed by atoms with E-state index in [9.17, 15) is 4.79 Å². The zero-order valence-electron chi connectivity index (χ0n) is 11.0. The first-order valence-electron chi connectivity index (χ1n) is 6.03. The molecule has 1 atom stereocenters. The van der Waals surface area contributed by atoms with E-state index in [4.69, 9.17) is 20.9 Å². The number of benzene rings is 1. The summed E-state index contributed by atoms with van der Waals surface area (Å²) >= 11 is 9.03. The van der Waals surface area contributed by atoms with E-state index in [0.717, 1.165) is 5.56 Å². The van der Waals surface area contributed by atoms with E-state index in [0.29, 0.717) is 20.9 Å². The van der Waals surface area contributed by atoms with Crippen LogP contribution in [0.15, 0.2) is 33.5 Å². The van der Waals surface area contributed by atoms with Gasteiger partial charge < -0.3 is 9.26 Å². The fourth-order valence-electron chi connectivity index (χ4n) is 1.74. The lowest BCUT2D eigenvalue weighted by atomic mass is 10.1. The summed E-state index contributed by atoms with van der Waals surface area (Å²) in [7, 11) is 0. The maximum absolute atomic E-state index is 11.9. The highest BCUT2D eigenvalue weighted by molar-refractivity contribution is 9.10. The maximum atomic E-state index is 11.9. The Morgan fingerprint density at radius 2 is 2.10 bits per heavy atom. The van der Waals surface area contributed by atoms with Crippen molar-refractivity contribution in [3.63, 3.8) is 0 Å². The first-order valence-corrected chi connectivity index (χ1v) is 7.20. The first kappa shape index (κ1) is 15.1. The van der Waals surface area contributed by atoms with Crippen LogP contribution in [-0.2, 0) is 16.0 Å². The Balaban J connectivity index is 1.99. The summed E-state index contributed by atoms with van der Waals surface area (Å²) < 4.78 is 10.8. The molecule has 1 aromatic carbocycles. The van der Waals surface area contributed by atoms with Gasteiger partial charge in [0.1, 0.15) is 6.10 Å². The third-order valence-electron chi connectivity index (χ3n) is 2.91. The maximum Gasteiger partial charge on any atom is 0.311 e. The van der Waals surface area contributed by atoms with Crippen LogP contribution in [0.25, 0.3) is 0 Å². The Hall–Kier alpha value is -1.33. The molecule has 1 aromatic heterocycles. The molecule has 6 heteroatoms. The molecule has 2 aromatic rings. The fraction of sp³-hybridized carbons (Fsp3) is 0.286. The number of aryl methyl sites for hydroxylation is 1. The summed E-state index contributed by atoms with van der Waals surface area (Å²) in [4.78, 5) is 11.9. The number of hydrogen-bond acceptors (Lipinski definition) is 4. The Morgan fingerprint density at radius 1 is 1.45 bits per heavy atom. The van der Waals surface area contributed by atoms with Crippen molar-refractivity contribution in [2.45, 2.75) is 26.4 Å². The Kier molecular flexibility index (Phi) is 4.83. The minimum absolute atomic E-state index is 0.119. The zero-order chi connectivity index (χ0) is 14.7. The first-order chi connectivity index (χ1) is 9.47. The smallest absolute Gasteiger partial charge is 0.311 e. The van der Waals surface area contributed by atoms with Crippen molar-refractivity contribution < 1.29 is 14.1 Å². The van der Waals surface area contributed by atoms with Crippen LogP contribution in [0.3, 0.4) is 0 Å². The van der Waals surface area contributed by atoms with Gasteiger partial charge in [0.2, 0.25) is 4.67 Å². The predicted molar refractivity (Wildman–Crippen MR) is 78.6 cm³/mol. The van der Waals surface area contributed by atoms with Crippen molar-refractivity contribution in [1.82, 2.24) is 5.16 Å². The minimum atomic E-state index is -0.335. The molecule has 0 fully saturated rings. The molecule has 0 spiro atoms. The van der Waals surface area contributed by atoms with Gasteiger partial charge in [-0.05, 0) is 47.5 Å². The van der Waals surface area contributed by atoms with Crippen molar-refractivity contribution in [2.24, 2.45) is 0 Å². The average Bonchev–Trinajstić information content (AvgIpc) is 2.71. The molecule has 0 aliphatic rings. The quantitative estimate of drug-likeness (QED) is 0.767. The molecule has 20 heavy (non-hydrogen) atoms. The highest BCUT2D eigenvalue weighted by Crippen LogP contribution is 2.23. The lowest BCUT2D eigenvalue weighted by molar-refractivity contribution is -0.147. The van der Waals surface area contributed by atoms with Gasteiger partial charge in [-0.2, -0.15) is 0 Å². The summed E-state index contributed by atoms with van der Waals surface area (Å²) in [6.45, 7) is 3.59. The van der Waals surface area contributed by atoms with Crippen molar-refractivity contribution >= 4 is 33.5 Å². The van der Waals surface area contributed by atoms with Crippen LogP contribution in [0.1, 0.15) is 29.8 Å². The van der Waals surface area contributed by atoms with Gasteiger partial charge in [-0.25, -0.2) is 0 Å². The molecule has 0 amide bonds. The molecule has 0 bridgehead atoms. The van der Waals surface area contributed by atoms with E-state index in [-0.39, 0.29) is 18.5 Å². The van der Waals surface area contributed by atoms with E-state index in [2.05, 4.69) is 21.1 Å². The molecule has 1 heterocycles. The lowest BCUT2D eigenvalue weighted by Crippen LogP contribution is -2.12. The summed E-state index contributed by atoms with van der Waals surface area (Å²) in [6.07, 6.45) is -0.216. The number of aromatic nitrogens is 1. The predicted octanol–water partition coefficient (Wildman–Crippen LogP) is 4.25. The van der Waals surface area contributed by atoms with Crippen LogP contribution in [0.4, 0.5) is 0 Å². The summed E-state index contributed by atoms with van der Waals surface area (Å²) in [5.41, 5.74) is 2.27. The van der Waals surface area contributed by atoms with Gasteiger partial charge in [-0.15, -0.1) is 0 Å². The molecule has 2 rings (SSSR count). The Labute approximate surface area is 130 Å². The normalized spacial score (nSPS) is 12.2. The highest BCUT2D eigenvalue weighted by Gasteiger charge is 2.18. The number of hydrogen-bond donors (Lipinski definition) is 0. The Bertz CT molecular complexity index is 590. The molecular weight excluding hydrogens is 346 g/mol. The van der Waals surface area contributed by atoms with Crippen LogP contribution < -0.4 is 0 Å². The van der Waals surface area contributed by atoms with E-state index in [1.54, 1.807) is 19.1 Å². The molecule has 1 unspecified atom stereocenters. The van der Waals surface area contributed by atoms with Crippen molar-refractivity contribution in [3.8, 4) is 0 Å². The van der Waals surface area contributed by atoms with E-state index in [1.807, 2.05) is 19.1 Å². The third-order valence-corrected chi connectivity index (χ3v) is 3.78. The second kappa shape index (κ2) is 6.41. The van der Waals surface area contributed by atoms with Crippen LogP contribution >= 0.6 is 27.5 Å². The molecule has 0 aliphatic carbocycles. The molecular formula is C14H13BrClNO3. The van der Waals surface area contributed by atoms with Crippen LogP contribution in [0.5, 0.6) is 0 Å². The second-order valence-electron chi connectivity index (χ2n) is 4.38. The van der Waals surface area contributed by atoms with E-state index >= 15 is 0 Å². The zero-order valence-corrected chi connectivity index (χ0v) is 13.4. The van der Waals surface area contributed by atoms with E-state index in [1.165, 1.54) is 0 Å². The van der Waals surface area contributed by atoms with Gasteiger partial charge >= 0.3 is 5.97 Å². The molecule has 0 saturated heterocycles. The summed E-state index contributed by atoms with van der Waals surface area (Å²) in [5, 5.41) is 4.42. The largest absolute Gasteiger partial charge is 0.458 e. The number of nitrogens with zero attached hydrogens (tertiary/aromatic N) is 1. The average molecular weight is 359 g/mol. The summed E-state index contributed by atoms with van der Waals surface area (Å²) in [5.74, 6) is -0.334. The lowest BCUT2D eigenvalue weighted by Gasteiger charge is -2.13. The monoisotopic (exact) mass is 357 g/mol. The van der Waals surface area contributed by atoms with Gasteiger partial charge in [-0.3, -0.25) is 4.79 Å². The SMILES string of the molecule is Cc1noc(Br)c1CC(=O)OC(C)c1ccc(Cl)cc1. The summed E-state index contributed by atoms with van der Waals surface area (Å²) in [6, 6.07) is 7.20. The number of carbonyl (C=O) groups excluding carboxylic acids is 1. The van der Waals surface area contributed by atoms with Gasteiger partial charge in [-0.1, -0.05) is 28.9 Å².